The summed E-state index contributed by atoms with van der Waals surface area (Å²) in [6.45, 7) is 12.8. The highest BCUT2D eigenvalue weighted by molar-refractivity contribution is 7.80. The minimum atomic E-state index is -0.119. The van der Waals surface area contributed by atoms with Crippen LogP contribution in [-0.2, 0) is 0 Å². The largest absolute Gasteiger partial charge is 0.457 e. The van der Waals surface area contributed by atoms with E-state index in [-0.39, 0.29) is 12.1 Å². The fourth-order valence-electron chi connectivity index (χ4n) is 6.25. The van der Waals surface area contributed by atoms with Gasteiger partial charge in [0.05, 0.1) is 17.8 Å². The van der Waals surface area contributed by atoms with E-state index < -0.39 is 0 Å². The standard InChI is InChI=1S/C37H39N5OS/c1-6-40(7-2)28-13-15-29(16-14-28)41-26(4)24-33(27(41)5)36-35(34-10-8-9-23-38-34)39-37(44)42(36)30-17-21-32(22-18-30)43-31-19-11-25(3)12-20-31/h8-24,35-36H,6-7H2,1-5H3,(H,39,44)/t35-,36+/m1/s1. The van der Waals surface area contributed by atoms with Crippen LogP contribution in [0.5, 0.6) is 11.5 Å². The fraction of sp³-hybridized carbons (Fsp3) is 0.243. The molecule has 44 heavy (non-hydrogen) atoms. The first kappa shape index (κ1) is 29.5. The molecule has 1 saturated heterocycles. The molecule has 7 heteroatoms. The molecule has 3 heterocycles. The number of benzene rings is 3. The third-order valence-electron chi connectivity index (χ3n) is 8.50. The van der Waals surface area contributed by atoms with Crippen LogP contribution in [0.15, 0.2) is 103 Å². The van der Waals surface area contributed by atoms with E-state index in [4.69, 9.17) is 21.9 Å². The molecule has 1 aliphatic rings. The number of aryl methyl sites for hydroxylation is 2. The monoisotopic (exact) mass is 601 g/mol. The van der Waals surface area contributed by atoms with Crippen LogP contribution in [0.4, 0.5) is 11.4 Å². The van der Waals surface area contributed by atoms with E-state index in [1.165, 1.54) is 28.2 Å². The summed E-state index contributed by atoms with van der Waals surface area (Å²) in [7, 11) is 0. The van der Waals surface area contributed by atoms with E-state index in [2.05, 4.69) is 115 Å². The Balaban J connectivity index is 1.37. The van der Waals surface area contributed by atoms with Gasteiger partial charge in [-0.25, -0.2) is 0 Å². The van der Waals surface area contributed by atoms with Crippen molar-refractivity contribution in [3.8, 4) is 17.2 Å². The predicted octanol–water partition coefficient (Wildman–Crippen LogP) is 8.61. The lowest BCUT2D eigenvalue weighted by Gasteiger charge is -2.28. The highest BCUT2D eigenvalue weighted by Gasteiger charge is 2.42. The normalized spacial score (nSPS) is 16.2. The van der Waals surface area contributed by atoms with Gasteiger partial charge in [0.1, 0.15) is 11.5 Å². The van der Waals surface area contributed by atoms with Crippen molar-refractivity contribution in [1.29, 1.82) is 0 Å². The highest BCUT2D eigenvalue weighted by Crippen LogP contribution is 2.44. The van der Waals surface area contributed by atoms with Gasteiger partial charge in [-0.1, -0.05) is 23.8 Å². The summed E-state index contributed by atoms with van der Waals surface area (Å²) in [4.78, 5) is 9.33. The molecule has 1 N–H and O–H groups in total. The van der Waals surface area contributed by atoms with Gasteiger partial charge in [-0.15, -0.1) is 0 Å². The summed E-state index contributed by atoms with van der Waals surface area (Å²) >= 11 is 6.01. The number of rotatable bonds is 9. The minimum absolute atomic E-state index is 0.101. The molecule has 1 aliphatic heterocycles. The van der Waals surface area contributed by atoms with Crippen molar-refractivity contribution < 1.29 is 4.74 Å². The number of aromatic nitrogens is 2. The topological polar surface area (TPSA) is 45.6 Å². The summed E-state index contributed by atoms with van der Waals surface area (Å²) in [5, 5.41) is 4.28. The molecule has 6 nitrogen and oxygen atoms in total. The zero-order chi connectivity index (χ0) is 30.8. The SMILES string of the molecule is CCN(CC)c1ccc(-n2c(C)cc([C@H]3[C@@H](c4ccccn4)NC(=S)N3c3ccc(Oc4ccc(C)cc4)cc3)c2C)cc1. The van der Waals surface area contributed by atoms with Crippen molar-refractivity contribution in [1.82, 2.24) is 14.9 Å². The van der Waals surface area contributed by atoms with Crippen molar-refractivity contribution in [2.24, 2.45) is 0 Å². The third-order valence-corrected chi connectivity index (χ3v) is 8.81. The molecule has 0 spiro atoms. The Labute approximate surface area is 265 Å². The Morgan fingerprint density at radius 3 is 2.07 bits per heavy atom. The summed E-state index contributed by atoms with van der Waals surface area (Å²) in [5.74, 6) is 1.59. The van der Waals surface area contributed by atoms with Crippen LogP contribution in [0, 0.1) is 20.8 Å². The number of hydrogen-bond donors (Lipinski definition) is 1. The van der Waals surface area contributed by atoms with Gasteiger partial charge in [-0.3, -0.25) is 4.98 Å². The lowest BCUT2D eigenvalue weighted by atomic mass is 9.96. The van der Waals surface area contributed by atoms with Gasteiger partial charge in [-0.05, 0) is 131 Å². The zero-order valence-electron chi connectivity index (χ0n) is 26.0. The van der Waals surface area contributed by atoms with Crippen molar-refractivity contribution in [3.63, 3.8) is 0 Å². The molecule has 0 aliphatic carbocycles. The van der Waals surface area contributed by atoms with Crippen LogP contribution in [0.2, 0.25) is 0 Å². The predicted molar refractivity (Wildman–Crippen MR) is 184 cm³/mol. The summed E-state index contributed by atoms with van der Waals surface area (Å²) in [6, 6.07) is 33.3. The van der Waals surface area contributed by atoms with Crippen molar-refractivity contribution in [2.45, 2.75) is 46.7 Å². The molecule has 2 aromatic heterocycles. The number of thiocarbonyl (C=S) groups is 1. The molecule has 0 saturated carbocycles. The average molecular weight is 602 g/mol. The number of pyridine rings is 1. The number of nitrogens with one attached hydrogen (secondary N) is 1. The smallest absolute Gasteiger partial charge is 0.174 e. The van der Waals surface area contributed by atoms with Crippen molar-refractivity contribution in [2.75, 3.05) is 22.9 Å². The Kier molecular flexibility index (Phi) is 8.40. The molecule has 0 bridgehead atoms. The molecule has 0 amide bonds. The average Bonchev–Trinajstić information content (AvgIpc) is 3.54. The molecule has 0 unspecified atom stereocenters. The van der Waals surface area contributed by atoms with E-state index >= 15 is 0 Å². The minimum Gasteiger partial charge on any atom is -0.457 e. The van der Waals surface area contributed by atoms with Crippen LogP contribution in [0.1, 0.15) is 54.1 Å². The second-order valence-electron chi connectivity index (χ2n) is 11.3. The summed E-state index contributed by atoms with van der Waals surface area (Å²) in [6.07, 6.45) is 1.84. The lowest BCUT2D eigenvalue weighted by molar-refractivity contribution is 0.482. The van der Waals surface area contributed by atoms with E-state index in [1.807, 2.05) is 42.6 Å². The maximum absolute atomic E-state index is 6.12. The number of ether oxygens (including phenoxy) is 1. The van der Waals surface area contributed by atoms with Gasteiger partial charge in [0.15, 0.2) is 5.11 Å². The molecule has 5 aromatic rings. The molecule has 3 aromatic carbocycles. The number of anilines is 2. The van der Waals surface area contributed by atoms with E-state index in [0.717, 1.165) is 41.7 Å². The lowest BCUT2D eigenvalue weighted by Crippen LogP contribution is -2.29. The van der Waals surface area contributed by atoms with Gasteiger partial charge in [-0.2, -0.15) is 0 Å². The van der Waals surface area contributed by atoms with Gasteiger partial charge < -0.3 is 24.4 Å². The number of hydrogen-bond acceptors (Lipinski definition) is 4. The van der Waals surface area contributed by atoms with Crippen LogP contribution >= 0.6 is 12.2 Å². The first-order valence-electron chi connectivity index (χ1n) is 15.3. The van der Waals surface area contributed by atoms with E-state index in [0.29, 0.717) is 5.11 Å². The molecular formula is C37H39N5OS. The van der Waals surface area contributed by atoms with Gasteiger partial charge in [0.25, 0.3) is 0 Å². The highest BCUT2D eigenvalue weighted by atomic mass is 32.1. The van der Waals surface area contributed by atoms with E-state index in [9.17, 15) is 0 Å². The van der Waals surface area contributed by atoms with Crippen molar-refractivity contribution in [3.05, 3.63) is 131 Å². The summed E-state index contributed by atoms with van der Waals surface area (Å²) in [5.41, 5.74) is 9.10. The molecule has 2 atom stereocenters. The van der Waals surface area contributed by atoms with Gasteiger partial charge in [0.2, 0.25) is 0 Å². The van der Waals surface area contributed by atoms with Crippen molar-refractivity contribution >= 4 is 28.7 Å². The van der Waals surface area contributed by atoms with Crippen LogP contribution in [-0.4, -0.2) is 27.8 Å². The molecule has 1 fully saturated rings. The first-order chi connectivity index (χ1) is 21.4. The Bertz CT molecular complexity index is 1730. The second kappa shape index (κ2) is 12.5. The van der Waals surface area contributed by atoms with Crippen LogP contribution in [0.3, 0.4) is 0 Å². The molecule has 0 radical (unpaired) electrons. The fourth-order valence-corrected chi connectivity index (χ4v) is 6.60. The van der Waals surface area contributed by atoms with Gasteiger partial charge >= 0.3 is 0 Å². The zero-order valence-corrected chi connectivity index (χ0v) is 26.8. The quantitative estimate of drug-likeness (QED) is 0.171. The maximum Gasteiger partial charge on any atom is 0.174 e. The molecular weight excluding hydrogens is 563 g/mol. The Hall–Kier alpha value is -4.62. The third kappa shape index (κ3) is 5.67. The Morgan fingerprint density at radius 2 is 1.45 bits per heavy atom. The molecule has 6 rings (SSSR count). The summed E-state index contributed by atoms with van der Waals surface area (Å²) < 4.78 is 8.46. The van der Waals surface area contributed by atoms with Crippen LogP contribution < -0.4 is 19.9 Å². The second-order valence-corrected chi connectivity index (χ2v) is 11.6. The molecule has 224 valence electrons. The van der Waals surface area contributed by atoms with E-state index in [1.54, 1.807) is 0 Å². The van der Waals surface area contributed by atoms with Gasteiger partial charge in [0, 0.05) is 47.7 Å². The van der Waals surface area contributed by atoms with Crippen LogP contribution in [0.25, 0.3) is 5.69 Å². The maximum atomic E-state index is 6.12. The number of nitrogens with zero attached hydrogens (tertiary/aromatic N) is 4. The Morgan fingerprint density at radius 1 is 0.818 bits per heavy atom. The first-order valence-corrected chi connectivity index (χ1v) is 15.7.